The van der Waals surface area contributed by atoms with E-state index in [4.69, 9.17) is 9.26 Å². The number of benzene rings is 2. The van der Waals surface area contributed by atoms with Gasteiger partial charge < -0.3 is 19.9 Å². The molecule has 0 aliphatic carbocycles. The lowest BCUT2D eigenvalue weighted by molar-refractivity contribution is -0.116. The normalized spacial score (nSPS) is 10.4. The van der Waals surface area contributed by atoms with Crippen LogP contribution in [-0.2, 0) is 11.3 Å². The number of nitrogens with one attached hydrogen (secondary N) is 2. The van der Waals surface area contributed by atoms with Gasteiger partial charge in [-0.2, -0.15) is 4.98 Å². The Morgan fingerprint density at radius 2 is 2.04 bits per heavy atom. The number of nitrogens with zero attached hydrogens (tertiary/aromatic N) is 2. The SMILES string of the molecule is CCCC(=O)Nc1cccc(CNc2nc(-c3cccc(OC)c3)no2)c1. The zero-order valence-electron chi connectivity index (χ0n) is 15.4. The number of carbonyl (C=O) groups is 1. The van der Waals surface area contributed by atoms with Crippen LogP contribution >= 0.6 is 0 Å². The largest absolute Gasteiger partial charge is 0.497 e. The van der Waals surface area contributed by atoms with Crippen LogP contribution in [0.1, 0.15) is 25.3 Å². The quantitative estimate of drug-likeness (QED) is 0.624. The van der Waals surface area contributed by atoms with Crippen LogP contribution in [0.25, 0.3) is 11.4 Å². The number of amides is 1. The molecular formula is C20H22N4O3. The molecule has 0 unspecified atom stereocenters. The zero-order chi connectivity index (χ0) is 19.1. The van der Waals surface area contributed by atoms with Crippen LogP contribution in [0.15, 0.2) is 53.1 Å². The van der Waals surface area contributed by atoms with E-state index in [2.05, 4.69) is 20.8 Å². The fourth-order valence-electron chi connectivity index (χ4n) is 2.56. The van der Waals surface area contributed by atoms with Crippen LogP contribution in [0.4, 0.5) is 11.7 Å². The molecule has 27 heavy (non-hydrogen) atoms. The molecular weight excluding hydrogens is 344 g/mol. The maximum atomic E-state index is 11.7. The van der Waals surface area contributed by atoms with E-state index >= 15 is 0 Å². The molecule has 0 aliphatic heterocycles. The predicted octanol–water partition coefficient (Wildman–Crippen LogP) is 4.10. The Morgan fingerprint density at radius 3 is 2.85 bits per heavy atom. The van der Waals surface area contributed by atoms with Gasteiger partial charge in [-0.25, -0.2) is 0 Å². The average molecular weight is 366 g/mol. The molecule has 0 spiro atoms. The van der Waals surface area contributed by atoms with E-state index < -0.39 is 0 Å². The van der Waals surface area contributed by atoms with Crippen LogP contribution in [0, 0.1) is 0 Å². The summed E-state index contributed by atoms with van der Waals surface area (Å²) in [4.78, 5) is 16.1. The Kier molecular flexibility index (Phi) is 6.04. The second-order valence-electron chi connectivity index (χ2n) is 6.01. The highest BCUT2D eigenvalue weighted by Gasteiger charge is 2.09. The van der Waals surface area contributed by atoms with Crippen LogP contribution < -0.4 is 15.4 Å². The highest BCUT2D eigenvalue weighted by molar-refractivity contribution is 5.90. The molecule has 0 bridgehead atoms. The molecule has 0 atom stereocenters. The van der Waals surface area contributed by atoms with Crippen molar-refractivity contribution in [2.75, 3.05) is 17.7 Å². The smallest absolute Gasteiger partial charge is 0.322 e. The molecule has 2 aromatic carbocycles. The monoisotopic (exact) mass is 366 g/mol. The topological polar surface area (TPSA) is 89.3 Å². The summed E-state index contributed by atoms with van der Waals surface area (Å²) in [5, 5.41) is 9.98. The van der Waals surface area contributed by atoms with Crippen molar-refractivity contribution in [3.8, 4) is 17.1 Å². The first-order valence-corrected chi connectivity index (χ1v) is 8.78. The van der Waals surface area contributed by atoms with E-state index in [0.717, 1.165) is 29.0 Å². The lowest BCUT2D eigenvalue weighted by atomic mass is 10.2. The van der Waals surface area contributed by atoms with Crippen molar-refractivity contribution < 1.29 is 14.1 Å². The molecule has 0 fully saturated rings. The predicted molar refractivity (Wildman–Crippen MR) is 104 cm³/mol. The number of hydrogen-bond acceptors (Lipinski definition) is 6. The number of rotatable bonds is 8. The third-order valence-corrected chi connectivity index (χ3v) is 3.89. The van der Waals surface area contributed by atoms with E-state index in [1.807, 2.05) is 55.5 Å². The second kappa shape index (κ2) is 8.84. The number of aromatic nitrogens is 2. The van der Waals surface area contributed by atoms with Crippen molar-refractivity contribution in [1.82, 2.24) is 10.1 Å². The summed E-state index contributed by atoms with van der Waals surface area (Å²) in [7, 11) is 1.61. The molecule has 3 rings (SSSR count). The van der Waals surface area contributed by atoms with E-state index in [1.165, 1.54) is 0 Å². The summed E-state index contributed by atoms with van der Waals surface area (Å²) in [5.41, 5.74) is 2.58. The van der Waals surface area contributed by atoms with Crippen LogP contribution in [-0.4, -0.2) is 23.2 Å². The van der Waals surface area contributed by atoms with Gasteiger partial charge in [0.15, 0.2) is 0 Å². The minimum absolute atomic E-state index is 0.0161. The lowest BCUT2D eigenvalue weighted by Crippen LogP contribution is -2.11. The lowest BCUT2D eigenvalue weighted by Gasteiger charge is -2.07. The van der Waals surface area contributed by atoms with E-state index in [1.54, 1.807) is 7.11 Å². The molecule has 140 valence electrons. The summed E-state index contributed by atoms with van der Waals surface area (Å²) in [6.45, 7) is 2.47. The summed E-state index contributed by atoms with van der Waals surface area (Å²) in [6.07, 6.45) is 1.33. The standard InChI is InChI=1S/C20H22N4O3/c1-3-6-18(25)22-16-9-4-7-14(11-16)13-21-20-23-19(24-27-20)15-8-5-10-17(12-15)26-2/h4-5,7-12H,3,6,13H2,1-2H3,(H,22,25)(H,21,23,24). The fourth-order valence-corrected chi connectivity index (χ4v) is 2.56. The number of methoxy groups -OCH3 is 1. The number of carbonyl (C=O) groups excluding carboxylic acids is 1. The summed E-state index contributed by atoms with van der Waals surface area (Å²) in [5.74, 6) is 1.23. The first-order chi connectivity index (χ1) is 13.2. The van der Waals surface area contributed by atoms with E-state index in [9.17, 15) is 4.79 Å². The molecule has 0 radical (unpaired) electrons. The van der Waals surface area contributed by atoms with Gasteiger partial charge in [-0.15, -0.1) is 0 Å². The highest BCUT2D eigenvalue weighted by Crippen LogP contribution is 2.22. The molecule has 0 saturated heterocycles. The molecule has 1 heterocycles. The minimum atomic E-state index is 0.0161. The Labute approximate surface area is 157 Å². The summed E-state index contributed by atoms with van der Waals surface area (Å²) < 4.78 is 10.5. The Balaban J connectivity index is 1.62. The first-order valence-electron chi connectivity index (χ1n) is 8.78. The molecule has 0 saturated carbocycles. The van der Waals surface area contributed by atoms with Gasteiger partial charge in [-0.1, -0.05) is 36.3 Å². The van der Waals surface area contributed by atoms with Gasteiger partial charge in [0.2, 0.25) is 11.7 Å². The number of ether oxygens (including phenoxy) is 1. The maximum absolute atomic E-state index is 11.7. The molecule has 3 aromatic rings. The van der Waals surface area contributed by atoms with Gasteiger partial charge in [-0.3, -0.25) is 4.79 Å². The fraction of sp³-hybridized carbons (Fsp3) is 0.250. The van der Waals surface area contributed by atoms with Crippen molar-refractivity contribution >= 4 is 17.6 Å². The first kappa shape index (κ1) is 18.4. The van der Waals surface area contributed by atoms with Gasteiger partial charge in [0.25, 0.3) is 0 Å². The third kappa shape index (κ3) is 5.07. The minimum Gasteiger partial charge on any atom is -0.497 e. The third-order valence-electron chi connectivity index (χ3n) is 3.89. The van der Waals surface area contributed by atoms with Crippen LogP contribution in [0.5, 0.6) is 5.75 Å². The molecule has 7 heteroatoms. The van der Waals surface area contributed by atoms with Crippen LogP contribution in [0.2, 0.25) is 0 Å². The van der Waals surface area contributed by atoms with Gasteiger partial charge in [0, 0.05) is 24.2 Å². The Hall–Kier alpha value is -3.35. The van der Waals surface area contributed by atoms with Gasteiger partial charge >= 0.3 is 6.01 Å². The highest BCUT2D eigenvalue weighted by atomic mass is 16.5. The van der Waals surface area contributed by atoms with Crippen molar-refractivity contribution in [3.05, 3.63) is 54.1 Å². The summed E-state index contributed by atoms with van der Waals surface area (Å²) in [6, 6.07) is 15.4. The van der Waals surface area contributed by atoms with Crippen molar-refractivity contribution in [3.63, 3.8) is 0 Å². The summed E-state index contributed by atoms with van der Waals surface area (Å²) >= 11 is 0. The number of hydrogen-bond donors (Lipinski definition) is 2. The number of anilines is 2. The Bertz CT molecular complexity index is 908. The zero-order valence-corrected chi connectivity index (χ0v) is 15.4. The second-order valence-corrected chi connectivity index (χ2v) is 6.01. The van der Waals surface area contributed by atoms with Crippen molar-refractivity contribution in [1.29, 1.82) is 0 Å². The van der Waals surface area contributed by atoms with E-state index in [0.29, 0.717) is 24.8 Å². The van der Waals surface area contributed by atoms with Gasteiger partial charge in [0.1, 0.15) is 5.75 Å². The average Bonchev–Trinajstić information content (AvgIpc) is 3.16. The van der Waals surface area contributed by atoms with Crippen molar-refractivity contribution in [2.45, 2.75) is 26.3 Å². The molecule has 1 amide bonds. The molecule has 1 aromatic heterocycles. The molecule has 2 N–H and O–H groups in total. The van der Waals surface area contributed by atoms with Gasteiger partial charge in [0.05, 0.1) is 7.11 Å². The van der Waals surface area contributed by atoms with Crippen LogP contribution in [0.3, 0.4) is 0 Å². The van der Waals surface area contributed by atoms with E-state index in [-0.39, 0.29) is 5.91 Å². The molecule has 7 nitrogen and oxygen atoms in total. The molecule has 0 aliphatic rings. The Morgan fingerprint density at radius 1 is 1.19 bits per heavy atom. The maximum Gasteiger partial charge on any atom is 0.322 e. The van der Waals surface area contributed by atoms with Gasteiger partial charge in [-0.05, 0) is 36.2 Å². The van der Waals surface area contributed by atoms with Crippen molar-refractivity contribution in [2.24, 2.45) is 0 Å².